The Morgan fingerprint density at radius 3 is 1.87 bits per heavy atom. The van der Waals surface area contributed by atoms with Gasteiger partial charge in [-0.1, -0.05) is 12.1 Å². The van der Waals surface area contributed by atoms with Crippen LogP contribution in [-0.4, -0.2) is 64.7 Å². The molecule has 6 heterocycles. The van der Waals surface area contributed by atoms with Gasteiger partial charge < -0.3 is 36.6 Å². The first-order valence-corrected chi connectivity index (χ1v) is 21.0. The van der Waals surface area contributed by atoms with Gasteiger partial charge in [0.1, 0.15) is 17.7 Å². The Morgan fingerprint density at radius 2 is 1.34 bits per heavy atom. The van der Waals surface area contributed by atoms with Crippen LogP contribution in [0.25, 0.3) is 22.3 Å². The van der Waals surface area contributed by atoms with Gasteiger partial charge in [0, 0.05) is 92.2 Å². The lowest BCUT2D eigenvalue weighted by atomic mass is 9.94. The van der Waals surface area contributed by atoms with Crippen molar-refractivity contribution < 1.29 is 14.3 Å². The predicted octanol–water partition coefficient (Wildman–Crippen LogP) is 7.84. The third-order valence-electron chi connectivity index (χ3n) is 12.4. The van der Waals surface area contributed by atoms with Gasteiger partial charge in [-0.2, -0.15) is 0 Å². The normalized spacial score (nSPS) is 17.8. The number of nitrogens with zero attached hydrogens (tertiary/aromatic N) is 5. The number of aliphatic imine (C=N–C) groups is 1. The van der Waals surface area contributed by atoms with E-state index in [-0.39, 0.29) is 29.3 Å². The van der Waals surface area contributed by atoms with Crippen molar-refractivity contribution in [3.05, 3.63) is 125 Å². The minimum atomic E-state index is -0.0805. The zero-order valence-corrected chi connectivity index (χ0v) is 35.0. The Morgan fingerprint density at radius 1 is 0.742 bits per heavy atom. The van der Waals surface area contributed by atoms with Gasteiger partial charge >= 0.3 is 0 Å². The third kappa shape index (κ3) is 7.31. The van der Waals surface area contributed by atoms with E-state index in [1.165, 1.54) is 0 Å². The molecule has 6 N–H and O–H groups in total. The van der Waals surface area contributed by atoms with Gasteiger partial charge in [-0.3, -0.25) is 19.6 Å². The maximum absolute atomic E-state index is 13.2. The second-order valence-corrected chi connectivity index (χ2v) is 16.6. The van der Waals surface area contributed by atoms with Crippen molar-refractivity contribution in [3.63, 3.8) is 0 Å². The molecule has 2 aliphatic heterocycles. The van der Waals surface area contributed by atoms with Crippen LogP contribution in [0.2, 0.25) is 0 Å². The SMILES string of the molecule is C/N=C/C1(c2ccc(Nc3cc(C)c(-c4ccc(NCC5CC5Oc5ccc(Nc6cc(C)c(-c7ccc(NC)c8c7CNC8=O)cn6)cn5)c5c4CNC5=O)cn3)cn2)CC1. The van der Waals surface area contributed by atoms with E-state index in [4.69, 9.17) is 14.7 Å². The van der Waals surface area contributed by atoms with E-state index in [9.17, 15) is 9.59 Å². The second kappa shape index (κ2) is 15.6. The first-order chi connectivity index (χ1) is 30.2. The fourth-order valence-corrected chi connectivity index (χ4v) is 8.76. The van der Waals surface area contributed by atoms with E-state index in [2.05, 4.69) is 65.9 Å². The molecule has 0 radical (unpaired) electrons. The number of hydrogen-bond acceptors (Lipinski definition) is 12. The number of aromatic nitrogens is 4. The Bertz CT molecular complexity index is 2780. The van der Waals surface area contributed by atoms with Gasteiger partial charge in [-0.25, -0.2) is 15.0 Å². The van der Waals surface area contributed by atoms with Gasteiger partial charge in [-0.05, 0) is 109 Å². The van der Waals surface area contributed by atoms with E-state index >= 15 is 0 Å². The van der Waals surface area contributed by atoms with Gasteiger partial charge in [-0.15, -0.1) is 0 Å². The highest BCUT2D eigenvalue weighted by Gasteiger charge is 2.44. The lowest BCUT2D eigenvalue weighted by Gasteiger charge is -2.16. The highest BCUT2D eigenvalue weighted by Crippen LogP contribution is 2.46. The first-order valence-electron chi connectivity index (χ1n) is 21.0. The number of pyridine rings is 4. The summed E-state index contributed by atoms with van der Waals surface area (Å²) in [7, 11) is 3.63. The van der Waals surface area contributed by atoms with Crippen LogP contribution in [0.4, 0.5) is 34.4 Å². The summed E-state index contributed by atoms with van der Waals surface area (Å²) in [5.41, 5.74) is 13.7. The Labute approximate surface area is 359 Å². The summed E-state index contributed by atoms with van der Waals surface area (Å²) in [5, 5.41) is 19.4. The molecule has 312 valence electrons. The molecule has 0 spiro atoms. The number of fused-ring (bicyclic) bond motifs is 2. The lowest BCUT2D eigenvalue weighted by molar-refractivity contribution is 0.0958. The highest BCUT2D eigenvalue weighted by atomic mass is 16.5. The van der Waals surface area contributed by atoms with Gasteiger partial charge in [0.05, 0.1) is 40.6 Å². The van der Waals surface area contributed by atoms with E-state index < -0.39 is 0 Å². The molecular weight excluding hydrogens is 779 g/mol. The summed E-state index contributed by atoms with van der Waals surface area (Å²) < 4.78 is 6.23. The van der Waals surface area contributed by atoms with Crippen LogP contribution in [0.3, 0.4) is 0 Å². The monoisotopic (exact) mass is 825 g/mol. The molecule has 2 amide bonds. The van der Waals surface area contributed by atoms with Crippen molar-refractivity contribution in [1.82, 2.24) is 30.6 Å². The van der Waals surface area contributed by atoms with Crippen LogP contribution < -0.4 is 36.6 Å². The van der Waals surface area contributed by atoms with Crippen LogP contribution in [0.5, 0.6) is 5.88 Å². The van der Waals surface area contributed by atoms with E-state index in [0.717, 1.165) is 98.0 Å². The van der Waals surface area contributed by atoms with Crippen molar-refractivity contribution in [2.75, 3.05) is 41.9 Å². The zero-order chi connectivity index (χ0) is 42.5. The number of anilines is 6. The lowest BCUT2D eigenvalue weighted by Crippen LogP contribution is -2.15. The molecule has 2 saturated carbocycles. The number of ether oxygens (including phenoxy) is 1. The molecule has 0 saturated heterocycles. The number of carbonyl (C=O) groups excluding carboxylic acids is 2. The predicted molar refractivity (Wildman–Crippen MR) is 242 cm³/mol. The number of aryl methyl sites for hydroxylation is 2. The second-order valence-electron chi connectivity index (χ2n) is 16.6. The van der Waals surface area contributed by atoms with Crippen LogP contribution >= 0.6 is 0 Å². The van der Waals surface area contributed by atoms with E-state index in [0.29, 0.717) is 42.5 Å². The van der Waals surface area contributed by atoms with Gasteiger partial charge in [0.25, 0.3) is 11.8 Å². The van der Waals surface area contributed by atoms with Crippen molar-refractivity contribution in [2.24, 2.45) is 10.9 Å². The Balaban J connectivity index is 0.744. The maximum atomic E-state index is 13.2. The van der Waals surface area contributed by atoms with Crippen molar-refractivity contribution in [2.45, 2.75) is 57.7 Å². The molecular formula is C48H47N11O3. The average molecular weight is 826 g/mol. The van der Waals surface area contributed by atoms with Crippen molar-refractivity contribution in [3.8, 4) is 28.1 Å². The summed E-state index contributed by atoms with van der Waals surface area (Å²) in [6.45, 7) is 5.73. The third-order valence-corrected chi connectivity index (χ3v) is 12.4. The quantitative estimate of drug-likeness (QED) is 0.0590. The summed E-state index contributed by atoms with van der Waals surface area (Å²) in [6, 6.07) is 20.0. The number of hydrogen-bond donors (Lipinski definition) is 6. The molecule has 6 aromatic rings. The van der Waals surface area contributed by atoms with Crippen LogP contribution in [0.15, 0.2) is 90.4 Å². The number of benzene rings is 2. The van der Waals surface area contributed by atoms with Crippen LogP contribution in [0.1, 0.15) is 67.9 Å². The fourth-order valence-electron chi connectivity index (χ4n) is 8.76. The molecule has 14 heteroatoms. The largest absolute Gasteiger partial charge is 0.474 e. The number of carbonyl (C=O) groups is 2. The van der Waals surface area contributed by atoms with Crippen LogP contribution in [-0.2, 0) is 18.5 Å². The number of nitrogens with one attached hydrogen (secondary N) is 6. The number of rotatable bonds is 14. The standard InChI is InChI=1S/C48H47N11O3/c1-26-16-42(54-21-33(26)31-7-9-37(50-4)44-35(31)23-56-46(44)60)59-30-6-12-43(55-20-30)62-39-17-28(39)18-51-38-10-8-32(36-24-57-47(61)45(36)38)34-22-53-41(15-27(34)2)58-29-5-11-40(52-19-29)48(13-14-48)25-49-3/h5-12,15-16,19-22,25,28,39,50-51H,13-14,17-18,23-24H2,1-4H3,(H,53,58)(H,54,59)(H,56,60)(H,57,61)/b49-25+. The molecule has 62 heavy (non-hydrogen) atoms. The topological polar surface area (TPSA) is 179 Å². The molecule has 2 aliphatic carbocycles. The summed E-state index contributed by atoms with van der Waals surface area (Å²) >= 11 is 0. The Hall–Kier alpha value is -7.35. The smallest absolute Gasteiger partial charge is 0.254 e. The summed E-state index contributed by atoms with van der Waals surface area (Å²) in [5.74, 6) is 2.11. The molecule has 4 aliphatic rings. The minimum absolute atomic E-state index is 0.00733. The molecule has 2 unspecified atom stereocenters. The van der Waals surface area contributed by atoms with E-state index in [1.54, 1.807) is 6.20 Å². The molecule has 2 aromatic carbocycles. The summed E-state index contributed by atoms with van der Waals surface area (Å²) in [4.78, 5) is 48.6. The summed E-state index contributed by atoms with van der Waals surface area (Å²) in [6.07, 6.45) is 12.4. The average Bonchev–Trinajstić information content (AvgIpc) is 4.15. The minimum Gasteiger partial charge on any atom is -0.474 e. The first kappa shape index (κ1) is 38.8. The molecule has 4 aromatic heterocycles. The fraction of sp³-hybridized carbons (Fsp3) is 0.271. The van der Waals surface area contributed by atoms with Crippen molar-refractivity contribution >= 4 is 52.4 Å². The van der Waals surface area contributed by atoms with Crippen LogP contribution in [0, 0.1) is 19.8 Å². The number of amides is 2. The molecule has 10 rings (SSSR count). The Kier molecular flexibility index (Phi) is 9.77. The molecule has 2 fully saturated rings. The molecule has 14 nitrogen and oxygen atoms in total. The van der Waals surface area contributed by atoms with Crippen molar-refractivity contribution in [1.29, 1.82) is 0 Å². The maximum Gasteiger partial charge on any atom is 0.254 e. The van der Waals surface area contributed by atoms with Gasteiger partial charge in [0.2, 0.25) is 5.88 Å². The molecule has 0 bridgehead atoms. The zero-order valence-electron chi connectivity index (χ0n) is 35.0. The van der Waals surface area contributed by atoms with Gasteiger partial charge in [0.15, 0.2) is 0 Å². The van der Waals surface area contributed by atoms with E-state index in [1.807, 2.05) is 94.4 Å². The molecule has 2 atom stereocenters. The highest BCUT2D eigenvalue weighted by molar-refractivity contribution is 6.06.